The van der Waals surface area contributed by atoms with Crippen LogP contribution in [0, 0.1) is 0 Å². The number of hydrogen-bond donors (Lipinski definition) is 1. The minimum Gasteiger partial charge on any atom is -0.324 e. The van der Waals surface area contributed by atoms with Gasteiger partial charge < -0.3 is 9.88 Å². The highest BCUT2D eigenvalue weighted by Crippen LogP contribution is 2.17. The standard InChI is InChI=1S/C17H23N3/c1-2-4-8-15(7-3-1)19-14-16-13-17(9-10-18-16)20-11-5-6-12-20/h5-6,9-13,15,19H,1-4,7-8,14H2. The first-order valence-corrected chi connectivity index (χ1v) is 7.73. The van der Waals surface area contributed by atoms with Gasteiger partial charge in [0.1, 0.15) is 0 Å². The molecule has 0 unspecified atom stereocenters. The lowest BCUT2D eigenvalue weighted by Gasteiger charge is -2.16. The zero-order valence-electron chi connectivity index (χ0n) is 12.0. The monoisotopic (exact) mass is 269 g/mol. The van der Waals surface area contributed by atoms with Crippen LogP contribution in [0.25, 0.3) is 5.69 Å². The molecule has 0 radical (unpaired) electrons. The molecule has 0 spiro atoms. The number of pyridine rings is 1. The fourth-order valence-electron chi connectivity index (χ4n) is 2.96. The van der Waals surface area contributed by atoms with Crippen LogP contribution in [0.2, 0.25) is 0 Å². The number of aromatic nitrogens is 2. The SMILES string of the molecule is c1ccn(-c2ccnc(CNC3CCCCCC3)c2)c1. The molecule has 1 N–H and O–H groups in total. The Hall–Kier alpha value is -1.61. The van der Waals surface area contributed by atoms with E-state index in [4.69, 9.17) is 0 Å². The highest BCUT2D eigenvalue weighted by atomic mass is 15.0. The van der Waals surface area contributed by atoms with Crippen LogP contribution in [0.4, 0.5) is 0 Å². The van der Waals surface area contributed by atoms with Crippen LogP contribution in [0.1, 0.15) is 44.2 Å². The third-order valence-corrected chi connectivity index (χ3v) is 4.13. The summed E-state index contributed by atoms with van der Waals surface area (Å²) in [6.45, 7) is 0.875. The lowest BCUT2D eigenvalue weighted by atomic mass is 10.1. The summed E-state index contributed by atoms with van der Waals surface area (Å²) in [5.41, 5.74) is 2.31. The summed E-state index contributed by atoms with van der Waals surface area (Å²) in [7, 11) is 0. The Morgan fingerprint density at radius 1 is 1.10 bits per heavy atom. The lowest BCUT2D eigenvalue weighted by molar-refractivity contribution is 0.456. The molecule has 0 saturated heterocycles. The summed E-state index contributed by atoms with van der Waals surface area (Å²) in [5.74, 6) is 0. The second-order valence-electron chi connectivity index (χ2n) is 5.67. The zero-order chi connectivity index (χ0) is 13.6. The van der Waals surface area contributed by atoms with Crippen LogP contribution >= 0.6 is 0 Å². The first-order valence-electron chi connectivity index (χ1n) is 7.73. The van der Waals surface area contributed by atoms with Gasteiger partial charge in [-0.25, -0.2) is 0 Å². The molecule has 3 heteroatoms. The van der Waals surface area contributed by atoms with E-state index in [0.29, 0.717) is 6.04 Å². The molecule has 0 aliphatic heterocycles. The van der Waals surface area contributed by atoms with Crippen molar-refractivity contribution in [3.05, 3.63) is 48.5 Å². The number of hydrogen-bond acceptors (Lipinski definition) is 2. The van der Waals surface area contributed by atoms with Crippen LogP contribution in [0.15, 0.2) is 42.9 Å². The maximum Gasteiger partial charge on any atom is 0.0562 e. The lowest BCUT2D eigenvalue weighted by Crippen LogP contribution is -2.28. The molecule has 1 aliphatic rings. The van der Waals surface area contributed by atoms with Crippen molar-refractivity contribution < 1.29 is 0 Å². The minimum absolute atomic E-state index is 0.675. The Kier molecular flexibility index (Phi) is 4.49. The second-order valence-corrected chi connectivity index (χ2v) is 5.67. The molecular weight excluding hydrogens is 246 g/mol. The smallest absolute Gasteiger partial charge is 0.0562 e. The van der Waals surface area contributed by atoms with Gasteiger partial charge in [-0.05, 0) is 37.1 Å². The van der Waals surface area contributed by atoms with E-state index in [9.17, 15) is 0 Å². The topological polar surface area (TPSA) is 29.9 Å². The Morgan fingerprint density at radius 3 is 2.60 bits per heavy atom. The summed E-state index contributed by atoms with van der Waals surface area (Å²) in [5, 5.41) is 3.68. The van der Waals surface area contributed by atoms with E-state index in [1.54, 1.807) is 0 Å². The molecule has 2 aromatic heterocycles. The molecule has 1 fully saturated rings. The van der Waals surface area contributed by atoms with Crippen LogP contribution in [-0.4, -0.2) is 15.6 Å². The van der Waals surface area contributed by atoms with E-state index in [1.165, 1.54) is 44.2 Å². The number of nitrogens with zero attached hydrogens (tertiary/aromatic N) is 2. The molecular formula is C17H23N3. The van der Waals surface area contributed by atoms with Crippen molar-refractivity contribution in [1.82, 2.24) is 14.9 Å². The van der Waals surface area contributed by atoms with Crippen molar-refractivity contribution in [2.24, 2.45) is 0 Å². The molecule has 0 aromatic carbocycles. The Morgan fingerprint density at radius 2 is 1.85 bits per heavy atom. The Bertz CT molecular complexity index is 511. The fourth-order valence-corrected chi connectivity index (χ4v) is 2.96. The predicted molar refractivity (Wildman–Crippen MR) is 81.9 cm³/mol. The third-order valence-electron chi connectivity index (χ3n) is 4.13. The zero-order valence-corrected chi connectivity index (χ0v) is 12.0. The predicted octanol–water partition coefficient (Wildman–Crippen LogP) is 3.68. The van der Waals surface area contributed by atoms with Gasteiger partial charge in [0.05, 0.1) is 5.69 Å². The van der Waals surface area contributed by atoms with Gasteiger partial charge in [-0.15, -0.1) is 0 Å². The van der Waals surface area contributed by atoms with Gasteiger partial charge in [-0.3, -0.25) is 4.98 Å². The average Bonchev–Trinajstić information content (AvgIpc) is 2.90. The summed E-state index contributed by atoms with van der Waals surface area (Å²) in [6.07, 6.45) is 14.2. The van der Waals surface area contributed by atoms with Gasteiger partial charge in [-0.2, -0.15) is 0 Å². The molecule has 0 atom stereocenters. The van der Waals surface area contributed by atoms with Crippen LogP contribution in [0.5, 0.6) is 0 Å². The highest BCUT2D eigenvalue weighted by molar-refractivity contribution is 5.32. The maximum atomic E-state index is 4.48. The van der Waals surface area contributed by atoms with Crippen molar-refractivity contribution in [1.29, 1.82) is 0 Å². The van der Waals surface area contributed by atoms with Crippen molar-refractivity contribution >= 4 is 0 Å². The first-order chi connectivity index (χ1) is 9.92. The van der Waals surface area contributed by atoms with E-state index in [-0.39, 0.29) is 0 Å². The molecule has 20 heavy (non-hydrogen) atoms. The summed E-state index contributed by atoms with van der Waals surface area (Å²) in [6, 6.07) is 8.99. The molecule has 1 saturated carbocycles. The number of nitrogens with one attached hydrogen (secondary N) is 1. The van der Waals surface area contributed by atoms with Crippen LogP contribution in [-0.2, 0) is 6.54 Å². The average molecular weight is 269 g/mol. The van der Waals surface area contributed by atoms with Gasteiger partial charge in [0.25, 0.3) is 0 Å². The first kappa shape index (κ1) is 13.4. The van der Waals surface area contributed by atoms with E-state index in [2.05, 4.69) is 39.4 Å². The summed E-state index contributed by atoms with van der Waals surface area (Å²) in [4.78, 5) is 4.48. The molecule has 3 rings (SSSR count). The minimum atomic E-state index is 0.675. The molecule has 0 amide bonds. The Labute approximate surface area is 121 Å². The van der Waals surface area contributed by atoms with E-state index < -0.39 is 0 Å². The fraction of sp³-hybridized carbons (Fsp3) is 0.471. The van der Waals surface area contributed by atoms with Gasteiger partial charge in [0, 0.05) is 36.9 Å². The second kappa shape index (κ2) is 6.71. The van der Waals surface area contributed by atoms with Crippen molar-refractivity contribution in [2.45, 2.75) is 51.1 Å². The largest absolute Gasteiger partial charge is 0.324 e. The van der Waals surface area contributed by atoms with Crippen molar-refractivity contribution in [2.75, 3.05) is 0 Å². The summed E-state index contributed by atoms with van der Waals surface area (Å²) < 4.78 is 2.12. The molecule has 106 valence electrons. The molecule has 2 heterocycles. The van der Waals surface area contributed by atoms with Gasteiger partial charge in [0.15, 0.2) is 0 Å². The highest BCUT2D eigenvalue weighted by Gasteiger charge is 2.11. The Balaban J connectivity index is 1.61. The maximum absolute atomic E-state index is 4.48. The van der Waals surface area contributed by atoms with E-state index in [1.807, 2.05) is 18.3 Å². The van der Waals surface area contributed by atoms with Gasteiger partial charge in [0.2, 0.25) is 0 Å². The van der Waals surface area contributed by atoms with Crippen LogP contribution < -0.4 is 5.32 Å². The van der Waals surface area contributed by atoms with Gasteiger partial charge in [-0.1, -0.05) is 25.7 Å². The molecule has 0 bridgehead atoms. The van der Waals surface area contributed by atoms with Crippen molar-refractivity contribution in [3.63, 3.8) is 0 Å². The number of rotatable bonds is 4. The molecule has 3 nitrogen and oxygen atoms in total. The molecule has 2 aromatic rings. The van der Waals surface area contributed by atoms with E-state index >= 15 is 0 Å². The molecule has 1 aliphatic carbocycles. The van der Waals surface area contributed by atoms with E-state index in [0.717, 1.165) is 12.2 Å². The quantitative estimate of drug-likeness (QED) is 0.858. The third kappa shape index (κ3) is 3.48. The summed E-state index contributed by atoms with van der Waals surface area (Å²) >= 11 is 0. The van der Waals surface area contributed by atoms with Crippen molar-refractivity contribution in [3.8, 4) is 5.69 Å². The normalized spacial score (nSPS) is 17.0. The van der Waals surface area contributed by atoms with Gasteiger partial charge >= 0.3 is 0 Å². The van der Waals surface area contributed by atoms with Crippen LogP contribution in [0.3, 0.4) is 0 Å².